The zero-order chi connectivity index (χ0) is 23.3. The predicted molar refractivity (Wildman–Crippen MR) is 135 cm³/mol. The van der Waals surface area contributed by atoms with E-state index in [1.807, 2.05) is 73.7 Å². The number of aryl methyl sites for hydroxylation is 1. The number of anilines is 1. The molecule has 0 aliphatic heterocycles. The number of nitrogens with one attached hydrogen (secondary N) is 1. The minimum absolute atomic E-state index is 0.259. The number of para-hydroxylation sites is 1. The van der Waals surface area contributed by atoms with E-state index in [4.69, 9.17) is 13.8 Å². The van der Waals surface area contributed by atoms with Crippen molar-refractivity contribution in [2.45, 2.75) is 26.6 Å². The highest BCUT2D eigenvalue weighted by Gasteiger charge is 2.38. The zero-order valence-corrected chi connectivity index (χ0v) is 20.6. The molecule has 0 aliphatic carbocycles. The number of hydrogen-bond acceptors (Lipinski definition) is 7. The second-order valence-electron chi connectivity index (χ2n) is 7.40. The van der Waals surface area contributed by atoms with E-state index in [0.29, 0.717) is 10.9 Å². The van der Waals surface area contributed by atoms with Gasteiger partial charge in [-0.1, -0.05) is 47.7 Å². The lowest BCUT2D eigenvalue weighted by Crippen LogP contribution is -2.15. The summed E-state index contributed by atoms with van der Waals surface area (Å²) < 4.78 is 32.4. The van der Waals surface area contributed by atoms with Crippen LogP contribution in [0.15, 0.2) is 72.8 Å². The van der Waals surface area contributed by atoms with Gasteiger partial charge in [-0.15, -0.1) is 0 Å². The van der Waals surface area contributed by atoms with E-state index in [-0.39, 0.29) is 13.2 Å². The van der Waals surface area contributed by atoms with E-state index in [2.05, 4.69) is 16.4 Å². The third-order valence-corrected chi connectivity index (χ3v) is 8.14. The molecule has 172 valence electrons. The van der Waals surface area contributed by atoms with Crippen molar-refractivity contribution in [3.63, 3.8) is 0 Å². The number of ether oxygens (including phenoxy) is 1. The van der Waals surface area contributed by atoms with Crippen LogP contribution in [-0.4, -0.2) is 18.2 Å². The van der Waals surface area contributed by atoms with Crippen LogP contribution in [-0.2, 0) is 13.6 Å². The molecule has 0 amide bonds. The Morgan fingerprint density at radius 3 is 2.39 bits per heavy atom. The number of thiazole rings is 1. The average Bonchev–Trinajstić information content (AvgIpc) is 3.20. The van der Waals surface area contributed by atoms with Gasteiger partial charge in [0.15, 0.2) is 10.9 Å². The highest BCUT2D eigenvalue weighted by molar-refractivity contribution is 7.54. The summed E-state index contributed by atoms with van der Waals surface area (Å²) in [5.74, 6) is 0.599. The van der Waals surface area contributed by atoms with Gasteiger partial charge in [0, 0.05) is 0 Å². The normalized spacial score (nSPS) is 12.6. The molecule has 0 bridgehead atoms. The Hall–Kier alpha value is -2.70. The molecule has 0 saturated carbocycles. The summed E-state index contributed by atoms with van der Waals surface area (Å²) in [6.07, 6.45) is 0. The smallest absolute Gasteiger partial charge is 0.357 e. The molecule has 33 heavy (non-hydrogen) atoms. The highest BCUT2D eigenvalue weighted by atomic mass is 32.1. The maximum Gasteiger partial charge on any atom is 0.357 e. The van der Waals surface area contributed by atoms with Crippen molar-refractivity contribution in [3.8, 4) is 11.5 Å². The lowest BCUT2D eigenvalue weighted by molar-refractivity contribution is 0.214. The van der Waals surface area contributed by atoms with Crippen LogP contribution in [0.5, 0.6) is 11.5 Å². The van der Waals surface area contributed by atoms with E-state index in [1.54, 1.807) is 13.8 Å². The van der Waals surface area contributed by atoms with E-state index in [0.717, 1.165) is 27.1 Å². The standard InChI is InChI=1S/C25H27N2O4PS/c1-4-29-32(28,30-5-2)24(27-25-26-22-15-14-18(3)16-23(22)33-25)19-10-9-13-21(17-19)31-20-11-7-6-8-12-20/h6-17,24H,4-5H2,1-3H3,(H,26,27)/t24-/m0/s1. The Bertz CT molecular complexity index is 1250. The van der Waals surface area contributed by atoms with Crippen molar-refractivity contribution in [1.82, 2.24) is 4.98 Å². The molecule has 1 heterocycles. The average molecular weight is 483 g/mol. The van der Waals surface area contributed by atoms with Crippen LogP contribution in [0.1, 0.15) is 30.8 Å². The molecular weight excluding hydrogens is 455 g/mol. The molecule has 0 saturated heterocycles. The fourth-order valence-electron chi connectivity index (χ4n) is 3.47. The minimum Gasteiger partial charge on any atom is -0.457 e. The first kappa shape index (κ1) is 23.5. The Labute approximate surface area is 198 Å². The fraction of sp³-hybridized carbons (Fsp3) is 0.240. The molecule has 3 aromatic carbocycles. The van der Waals surface area contributed by atoms with Crippen molar-refractivity contribution in [2.75, 3.05) is 18.5 Å². The Kier molecular flexibility index (Phi) is 7.46. The predicted octanol–water partition coefficient (Wildman–Crippen LogP) is 7.77. The Morgan fingerprint density at radius 2 is 1.67 bits per heavy atom. The number of benzene rings is 3. The largest absolute Gasteiger partial charge is 0.457 e. The first-order chi connectivity index (χ1) is 16.0. The van der Waals surface area contributed by atoms with Crippen molar-refractivity contribution in [2.24, 2.45) is 0 Å². The maximum atomic E-state index is 13.9. The van der Waals surface area contributed by atoms with Gasteiger partial charge in [-0.25, -0.2) is 4.98 Å². The van der Waals surface area contributed by atoms with Crippen LogP contribution in [0.2, 0.25) is 0 Å². The van der Waals surface area contributed by atoms with Crippen LogP contribution in [0, 0.1) is 6.92 Å². The summed E-state index contributed by atoms with van der Waals surface area (Å²) in [5.41, 5.74) is 2.77. The fourth-order valence-corrected chi connectivity index (χ4v) is 6.45. The second-order valence-corrected chi connectivity index (χ2v) is 10.5. The second kappa shape index (κ2) is 10.5. The van der Waals surface area contributed by atoms with E-state index < -0.39 is 13.4 Å². The molecule has 1 atom stereocenters. The minimum atomic E-state index is -3.57. The van der Waals surface area contributed by atoms with Gasteiger partial charge in [-0.3, -0.25) is 4.57 Å². The molecule has 1 N–H and O–H groups in total. The molecule has 0 radical (unpaired) electrons. The summed E-state index contributed by atoms with van der Waals surface area (Å²) >= 11 is 1.51. The van der Waals surface area contributed by atoms with Crippen molar-refractivity contribution < 1.29 is 18.3 Å². The highest BCUT2D eigenvalue weighted by Crippen LogP contribution is 2.61. The lowest BCUT2D eigenvalue weighted by Gasteiger charge is -2.27. The van der Waals surface area contributed by atoms with Gasteiger partial charge in [0.1, 0.15) is 11.5 Å². The maximum absolute atomic E-state index is 13.9. The molecule has 8 heteroatoms. The quantitative estimate of drug-likeness (QED) is 0.233. The number of hydrogen-bond donors (Lipinski definition) is 1. The van der Waals surface area contributed by atoms with E-state index in [1.165, 1.54) is 11.3 Å². The van der Waals surface area contributed by atoms with Gasteiger partial charge < -0.3 is 19.1 Å². The topological polar surface area (TPSA) is 69.7 Å². The first-order valence-corrected chi connectivity index (χ1v) is 13.3. The van der Waals surface area contributed by atoms with Crippen molar-refractivity contribution >= 4 is 34.3 Å². The molecule has 0 aliphatic rings. The van der Waals surface area contributed by atoms with Gasteiger partial charge in [0.05, 0.1) is 23.4 Å². The zero-order valence-electron chi connectivity index (χ0n) is 18.9. The van der Waals surface area contributed by atoms with Crippen LogP contribution < -0.4 is 10.1 Å². The van der Waals surface area contributed by atoms with Crippen LogP contribution >= 0.6 is 18.9 Å². The molecule has 1 aromatic heterocycles. The number of nitrogens with zero attached hydrogens (tertiary/aromatic N) is 1. The first-order valence-electron chi connectivity index (χ1n) is 10.9. The van der Waals surface area contributed by atoms with E-state index >= 15 is 0 Å². The molecule has 0 spiro atoms. The van der Waals surface area contributed by atoms with Crippen LogP contribution in [0.3, 0.4) is 0 Å². The molecule has 0 unspecified atom stereocenters. The molecular formula is C25H27N2O4PS. The van der Waals surface area contributed by atoms with Gasteiger partial charge in [-0.05, 0) is 68.3 Å². The third kappa shape index (κ3) is 5.63. The molecule has 4 rings (SSSR count). The van der Waals surface area contributed by atoms with Gasteiger partial charge in [-0.2, -0.15) is 0 Å². The Morgan fingerprint density at radius 1 is 0.939 bits per heavy atom. The summed E-state index contributed by atoms with van der Waals surface area (Å²) in [5, 5.41) is 3.99. The van der Waals surface area contributed by atoms with Crippen LogP contribution in [0.4, 0.5) is 5.13 Å². The summed E-state index contributed by atoms with van der Waals surface area (Å²) in [6, 6.07) is 23.1. The van der Waals surface area contributed by atoms with Gasteiger partial charge >= 0.3 is 7.60 Å². The Balaban J connectivity index is 1.72. The SMILES string of the molecule is CCOP(=O)(OCC)[C@H](Nc1nc2ccc(C)cc2s1)c1cccc(Oc2ccccc2)c1. The van der Waals surface area contributed by atoms with Crippen molar-refractivity contribution in [3.05, 3.63) is 83.9 Å². The lowest BCUT2D eigenvalue weighted by atomic mass is 10.2. The molecule has 6 nitrogen and oxygen atoms in total. The summed E-state index contributed by atoms with van der Waals surface area (Å²) in [6.45, 7) is 6.17. The number of aromatic nitrogens is 1. The third-order valence-electron chi connectivity index (χ3n) is 4.89. The summed E-state index contributed by atoms with van der Waals surface area (Å²) in [4.78, 5) is 4.69. The number of rotatable bonds is 10. The monoisotopic (exact) mass is 482 g/mol. The van der Waals surface area contributed by atoms with Gasteiger partial charge in [0.2, 0.25) is 0 Å². The molecule has 0 fully saturated rings. The number of fused-ring (bicyclic) bond motifs is 1. The van der Waals surface area contributed by atoms with Crippen molar-refractivity contribution in [1.29, 1.82) is 0 Å². The van der Waals surface area contributed by atoms with Crippen LogP contribution in [0.25, 0.3) is 10.2 Å². The van der Waals surface area contributed by atoms with Gasteiger partial charge in [0.25, 0.3) is 0 Å². The summed E-state index contributed by atoms with van der Waals surface area (Å²) in [7, 11) is -3.57. The molecule has 4 aromatic rings. The van der Waals surface area contributed by atoms with E-state index in [9.17, 15) is 4.57 Å².